The number of hydrogen-bond acceptors (Lipinski definition) is 4. The highest BCUT2D eigenvalue weighted by molar-refractivity contribution is 7.98. The molecule has 3 aromatic heterocycles. The molecule has 0 saturated carbocycles. The highest BCUT2D eigenvalue weighted by Gasteiger charge is 2.25. The minimum atomic E-state index is -0.422. The highest BCUT2D eigenvalue weighted by atomic mass is 35.5. The second kappa shape index (κ2) is 5.76. The number of nitrogens with one attached hydrogen (secondary N) is 1. The number of fused-ring (bicyclic) bond motifs is 1. The quantitative estimate of drug-likeness (QED) is 0.531. The van der Waals surface area contributed by atoms with E-state index in [-0.39, 0.29) is 5.82 Å². The van der Waals surface area contributed by atoms with Gasteiger partial charge in [0.2, 0.25) is 0 Å². The van der Waals surface area contributed by atoms with Crippen LogP contribution in [-0.4, -0.2) is 26.2 Å². The van der Waals surface area contributed by atoms with Gasteiger partial charge in [0.15, 0.2) is 11.6 Å². The predicted molar refractivity (Wildman–Crippen MR) is 92.6 cm³/mol. The number of H-pyrrole nitrogens is 1. The zero-order valence-electron chi connectivity index (χ0n) is 13.2. The van der Waals surface area contributed by atoms with Gasteiger partial charge in [-0.25, -0.2) is 19.3 Å². The lowest BCUT2D eigenvalue weighted by atomic mass is 9.91. The van der Waals surface area contributed by atoms with Gasteiger partial charge in [0.25, 0.3) is 0 Å². The van der Waals surface area contributed by atoms with Crippen molar-refractivity contribution in [2.24, 2.45) is 0 Å². The fourth-order valence-corrected chi connectivity index (χ4v) is 2.95. The minimum absolute atomic E-state index is 0.337. The number of nitrogens with zero attached hydrogens (tertiary/aromatic N) is 3. The van der Waals surface area contributed by atoms with Crippen LogP contribution in [0.15, 0.2) is 23.5 Å². The average molecular weight is 351 g/mol. The molecular formula is C16H16ClFN4S. The van der Waals surface area contributed by atoms with Crippen molar-refractivity contribution >= 4 is 34.4 Å². The minimum Gasteiger partial charge on any atom is -0.345 e. The van der Waals surface area contributed by atoms with Crippen molar-refractivity contribution < 1.29 is 4.39 Å². The van der Waals surface area contributed by atoms with Crippen LogP contribution in [0.3, 0.4) is 0 Å². The molecule has 0 aliphatic carbocycles. The van der Waals surface area contributed by atoms with Crippen molar-refractivity contribution in [3.8, 4) is 11.4 Å². The molecule has 0 unspecified atom stereocenters. The number of aromatic amines is 1. The third-order valence-electron chi connectivity index (χ3n) is 3.46. The van der Waals surface area contributed by atoms with E-state index in [2.05, 4.69) is 19.9 Å². The molecule has 0 aromatic carbocycles. The molecule has 0 radical (unpaired) electrons. The topological polar surface area (TPSA) is 54.5 Å². The molecule has 120 valence electrons. The van der Waals surface area contributed by atoms with Gasteiger partial charge in [0, 0.05) is 28.8 Å². The summed E-state index contributed by atoms with van der Waals surface area (Å²) in [6.45, 7) is 5.79. The van der Waals surface area contributed by atoms with Crippen LogP contribution in [0.5, 0.6) is 0 Å². The number of pyridine rings is 1. The van der Waals surface area contributed by atoms with Crippen molar-refractivity contribution in [2.75, 3.05) is 6.26 Å². The lowest BCUT2D eigenvalue weighted by Crippen LogP contribution is -2.18. The molecular weight excluding hydrogens is 335 g/mol. The molecule has 0 saturated heterocycles. The molecule has 3 rings (SSSR count). The maximum atomic E-state index is 14.6. The van der Waals surface area contributed by atoms with Crippen LogP contribution < -0.4 is 0 Å². The summed E-state index contributed by atoms with van der Waals surface area (Å²) in [7, 11) is 0. The van der Waals surface area contributed by atoms with Gasteiger partial charge in [-0.15, -0.1) is 11.8 Å². The van der Waals surface area contributed by atoms with Crippen molar-refractivity contribution in [3.63, 3.8) is 0 Å². The van der Waals surface area contributed by atoms with E-state index in [1.807, 2.05) is 20.8 Å². The second-order valence-corrected chi connectivity index (χ2v) is 7.45. The molecule has 3 aromatic rings. The first kappa shape index (κ1) is 16.2. The Balaban J connectivity index is 2.28. The number of aromatic nitrogens is 4. The van der Waals surface area contributed by atoms with Crippen LogP contribution in [0.25, 0.3) is 22.4 Å². The number of thioether (sulfide) groups is 1. The Hall–Kier alpha value is -1.66. The summed E-state index contributed by atoms with van der Waals surface area (Å²) in [5.74, 6) is 0.112. The summed E-state index contributed by atoms with van der Waals surface area (Å²) >= 11 is 7.31. The Labute approximate surface area is 142 Å². The fourth-order valence-electron chi connectivity index (χ4n) is 2.34. The van der Waals surface area contributed by atoms with Crippen LogP contribution in [0, 0.1) is 5.82 Å². The Morgan fingerprint density at radius 1 is 1.26 bits per heavy atom. The van der Waals surface area contributed by atoms with E-state index < -0.39 is 5.41 Å². The van der Waals surface area contributed by atoms with Crippen molar-refractivity contribution in [3.05, 3.63) is 35.0 Å². The summed E-state index contributed by atoms with van der Waals surface area (Å²) in [4.78, 5) is 16.2. The van der Waals surface area contributed by atoms with E-state index in [0.717, 1.165) is 10.9 Å². The largest absolute Gasteiger partial charge is 0.345 e. The van der Waals surface area contributed by atoms with Crippen LogP contribution in [-0.2, 0) is 5.41 Å². The number of rotatable bonds is 2. The summed E-state index contributed by atoms with van der Waals surface area (Å²) in [5.41, 5.74) is 1.43. The third-order valence-corrected chi connectivity index (χ3v) is 4.33. The normalized spacial score (nSPS) is 12.1. The van der Waals surface area contributed by atoms with Gasteiger partial charge < -0.3 is 4.98 Å². The molecule has 0 spiro atoms. The molecule has 4 nitrogen and oxygen atoms in total. The van der Waals surface area contributed by atoms with Crippen LogP contribution in [0.1, 0.15) is 26.5 Å². The van der Waals surface area contributed by atoms with Gasteiger partial charge in [0.1, 0.15) is 10.7 Å². The standard InChI is InChI=1S/C16H16ClFN4S/c1-16(2,3)12-11(18)15(23-4)22-14(21-12)10-7-20-13-9(10)5-8(17)6-19-13/h5-7H,1-4H3,(H,19,20). The smallest absolute Gasteiger partial charge is 0.177 e. The summed E-state index contributed by atoms with van der Waals surface area (Å²) in [6, 6.07) is 1.80. The summed E-state index contributed by atoms with van der Waals surface area (Å²) < 4.78 is 14.6. The molecule has 0 bridgehead atoms. The van der Waals surface area contributed by atoms with E-state index >= 15 is 0 Å². The van der Waals surface area contributed by atoms with Crippen molar-refractivity contribution in [2.45, 2.75) is 31.2 Å². The number of halogens is 2. The zero-order chi connectivity index (χ0) is 16.8. The van der Waals surface area contributed by atoms with Crippen LogP contribution in [0.2, 0.25) is 5.02 Å². The second-order valence-electron chi connectivity index (χ2n) is 6.22. The van der Waals surface area contributed by atoms with E-state index in [1.165, 1.54) is 11.8 Å². The first-order valence-corrected chi connectivity index (χ1v) is 8.66. The van der Waals surface area contributed by atoms with E-state index in [9.17, 15) is 4.39 Å². The Morgan fingerprint density at radius 3 is 2.65 bits per heavy atom. The molecule has 0 amide bonds. The first-order valence-electron chi connectivity index (χ1n) is 7.06. The lowest BCUT2D eigenvalue weighted by Gasteiger charge is -2.20. The maximum Gasteiger partial charge on any atom is 0.177 e. The van der Waals surface area contributed by atoms with Gasteiger partial charge in [0.05, 0.1) is 10.7 Å². The summed E-state index contributed by atoms with van der Waals surface area (Å²) in [5, 5.41) is 1.68. The number of hydrogen-bond donors (Lipinski definition) is 1. The van der Waals surface area contributed by atoms with Crippen molar-refractivity contribution in [1.29, 1.82) is 0 Å². The Kier molecular flexibility index (Phi) is 4.06. The fraction of sp³-hybridized carbons (Fsp3) is 0.312. The first-order chi connectivity index (χ1) is 10.8. The van der Waals surface area contributed by atoms with Crippen LogP contribution >= 0.6 is 23.4 Å². The molecule has 23 heavy (non-hydrogen) atoms. The van der Waals surface area contributed by atoms with Gasteiger partial charge in [-0.3, -0.25) is 0 Å². The van der Waals surface area contributed by atoms with Crippen LogP contribution in [0.4, 0.5) is 4.39 Å². The van der Waals surface area contributed by atoms with Gasteiger partial charge >= 0.3 is 0 Å². The highest BCUT2D eigenvalue weighted by Crippen LogP contribution is 2.33. The average Bonchev–Trinajstić information content (AvgIpc) is 2.89. The molecule has 0 aliphatic rings. The Bertz CT molecular complexity index is 886. The SMILES string of the molecule is CSc1nc(-c2c[nH]c3ncc(Cl)cc23)nc(C(C)(C)C)c1F. The van der Waals surface area contributed by atoms with E-state index in [0.29, 0.717) is 27.2 Å². The molecule has 0 atom stereocenters. The van der Waals surface area contributed by atoms with E-state index in [4.69, 9.17) is 11.6 Å². The van der Waals surface area contributed by atoms with Gasteiger partial charge in [-0.05, 0) is 12.3 Å². The molecule has 1 N–H and O–H groups in total. The predicted octanol–water partition coefficient (Wildman–Crippen LogP) is 4.83. The molecule has 0 aliphatic heterocycles. The molecule has 3 heterocycles. The lowest BCUT2D eigenvalue weighted by molar-refractivity contribution is 0.481. The third kappa shape index (κ3) is 2.93. The van der Waals surface area contributed by atoms with Crippen molar-refractivity contribution in [1.82, 2.24) is 19.9 Å². The summed E-state index contributed by atoms with van der Waals surface area (Å²) in [6.07, 6.45) is 5.15. The van der Waals surface area contributed by atoms with Gasteiger partial charge in [-0.2, -0.15) is 0 Å². The molecule has 0 fully saturated rings. The van der Waals surface area contributed by atoms with E-state index in [1.54, 1.807) is 24.7 Å². The maximum absolute atomic E-state index is 14.6. The van der Waals surface area contributed by atoms with Gasteiger partial charge in [-0.1, -0.05) is 32.4 Å². The monoisotopic (exact) mass is 350 g/mol. The molecule has 7 heteroatoms. The zero-order valence-corrected chi connectivity index (χ0v) is 14.8. The Morgan fingerprint density at radius 2 is 2.00 bits per heavy atom.